The third kappa shape index (κ3) is 5.07. The SMILES string of the molecule is C1=CC2C=C(C3C=CC(c4ccc5c(-c6ccccc6)c6ccccc6c(-c6ccccc6)c5c4)=CC3)N(c3cccc4c3C=CCC4)C2C=C1. The minimum absolute atomic E-state index is 0.316. The van der Waals surface area contributed by atoms with Crippen LogP contribution < -0.4 is 4.90 Å². The highest BCUT2D eigenvalue weighted by Gasteiger charge is 2.37. The fourth-order valence-corrected chi connectivity index (χ4v) is 8.98. The second kappa shape index (κ2) is 12.4. The maximum atomic E-state index is 2.64. The Hall–Kier alpha value is -5.92. The molecule has 6 aromatic rings. The van der Waals surface area contributed by atoms with Gasteiger partial charge in [0.25, 0.3) is 0 Å². The van der Waals surface area contributed by atoms with Crippen molar-refractivity contribution in [1.82, 2.24) is 0 Å². The first-order valence-corrected chi connectivity index (χ1v) is 18.4. The Bertz CT molecular complexity index is 2510. The predicted molar refractivity (Wildman–Crippen MR) is 217 cm³/mol. The van der Waals surface area contributed by atoms with Gasteiger partial charge in [-0.1, -0.05) is 170 Å². The zero-order valence-electron chi connectivity index (χ0n) is 28.6. The zero-order valence-corrected chi connectivity index (χ0v) is 28.6. The van der Waals surface area contributed by atoms with Crippen molar-refractivity contribution in [2.75, 3.05) is 4.90 Å². The lowest BCUT2D eigenvalue weighted by atomic mass is 9.84. The van der Waals surface area contributed by atoms with E-state index in [2.05, 4.69) is 187 Å². The van der Waals surface area contributed by atoms with E-state index in [0.717, 1.165) is 19.3 Å². The largest absolute Gasteiger partial charge is 0.336 e. The smallest absolute Gasteiger partial charge is 0.0620 e. The maximum Gasteiger partial charge on any atom is 0.0620 e. The molecule has 0 fully saturated rings. The first-order chi connectivity index (χ1) is 25.3. The molecule has 0 saturated carbocycles. The highest BCUT2D eigenvalue weighted by atomic mass is 15.2. The van der Waals surface area contributed by atoms with Crippen LogP contribution in [-0.2, 0) is 6.42 Å². The number of allylic oxidation sites excluding steroid dienone is 7. The molecule has 0 N–H and O–H groups in total. The van der Waals surface area contributed by atoms with Crippen molar-refractivity contribution in [3.05, 3.63) is 198 Å². The monoisotopic (exact) mass is 653 g/mol. The molecule has 1 heterocycles. The minimum Gasteiger partial charge on any atom is -0.336 e. The van der Waals surface area contributed by atoms with Crippen molar-refractivity contribution in [2.45, 2.75) is 25.3 Å². The highest BCUT2D eigenvalue weighted by Crippen LogP contribution is 2.47. The molecule has 6 aromatic carbocycles. The number of rotatable bonds is 5. The van der Waals surface area contributed by atoms with Gasteiger partial charge in [-0.3, -0.25) is 0 Å². The number of anilines is 1. The molecule has 4 aliphatic rings. The summed E-state index contributed by atoms with van der Waals surface area (Å²) >= 11 is 0. The Morgan fingerprint density at radius 3 is 2.02 bits per heavy atom. The topological polar surface area (TPSA) is 3.24 Å². The summed E-state index contributed by atoms with van der Waals surface area (Å²) in [6.45, 7) is 0. The first kappa shape index (κ1) is 29.9. The van der Waals surface area contributed by atoms with Gasteiger partial charge in [0.1, 0.15) is 0 Å². The van der Waals surface area contributed by atoms with Gasteiger partial charge in [-0.25, -0.2) is 0 Å². The standard InChI is InChI=1S/C50H39N/c1-3-15-37(16-4-1)49-42-22-10-11-23-43(42)50(38-17-5-2-6-18-38)45-32-39(30-31-44(45)49)34-26-28-36(29-27-34)48-33-40-19-8-12-24-46(40)51(48)47-25-13-20-35-14-7-9-21-41(35)47/h1-6,8-13,15-28,30-33,36,40,46H,7,14,29H2. The Labute approximate surface area is 300 Å². The van der Waals surface area contributed by atoms with Gasteiger partial charge in [0.15, 0.2) is 0 Å². The van der Waals surface area contributed by atoms with E-state index in [9.17, 15) is 0 Å². The van der Waals surface area contributed by atoms with Gasteiger partial charge < -0.3 is 4.90 Å². The number of nitrogens with zero attached hydrogens (tertiary/aromatic N) is 1. The summed E-state index contributed by atoms with van der Waals surface area (Å²) in [4.78, 5) is 2.64. The summed E-state index contributed by atoms with van der Waals surface area (Å²) < 4.78 is 0. The van der Waals surface area contributed by atoms with Crippen LogP contribution in [0, 0.1) is 11.8 Å². The predicted octanol–water partition coefficient (Wildman–Crippen LogP) is 12.8. The van der Waals surface area contributed by atoms with Gasteiger partial charge in [0.2, 0.25) is 0 Å². The molecule has 0 aromatic heterocycles. The van der Waals surface area contributed by atoms with Crippen molar-refractivity contribution in [3.63, 3.8) is 0 Å². The number of aryl methyl sites for hydroxylation is 1. The number of hydrogen-bond donors (Lipinski definition) is 0. The van der Waals surface area contributed by atoms with Gasteiger partial charge in [-0.2, -0.15) is 0 Å². The van der Waals surface area contributed by atoms with E-state index >= 15 is 0 Å². The molecule has 244 valence electrons. The van der Waals surface area contributed by atoms with E-state index in [4.69, 9.17) is 0 Å². The van der Waals surface area contributed by atoms with Crippen LogP contribution in [0.25, 0.3) is 55.4 Å². The molecular formula is C50H39N. The second-order valence-electron chi connectivity index (χ2n) is 14.2. The van der Waals surface area contributed by atoms with Crippen molar-refractivity contribution in [3.8, 4) is 22.3 Å². The maximum absolute atomic E-state index is 2.64. The van der Waals surface area contributed by atoms with E-state index in [0.29, 0.717) is 17.9 Å². The second-order valence-corrected chi connectivity index (χ2v) is 14.2. The van der Waals surface area contributed by atoms with Crippen LogP contribution in [0.5, 0.6) is 0 Å². The number of fused-ring (bicyclic) bond motifs is 4. The summed E-state index contributed by atoms with van der Waals surface area (Å²) in [5.41, 5.74) is 13.3. The van der Waals surface area contributed by atoms with Crippen LogP contribution >= 0.6 is 0 Å². The van der Waals surface area contributed by atoms with Gasteiger partial charge in [0.05, 0.1) is 6.04 Å². The Balaban J connectivity index is 1.06. The Kier molecular flexibility index (Phi) is 7.31. The van der Waals surface area contributed by atoms with Gasteiger partial charge >= 0.3 is 0 Å². The highest BCUT2D eigenvalue weighted by molar-refractivity contribution is 6.21. The molecule has 3 unspecified atom stereocenters. The number of benzene rings is 6. The summed E-state index contributed by atoms with van der Waals surface area (Å²) in [5.74, 6) is 0.705. The van der Waals surface area contributed by atoms with Crippen LogP contribution in [0.15, 0.2) is 182 Å². The van der Waals surface area contributed by atoms with Crippen LogP contribution in [0.1, 0.15) is 29.5 Å². The quantitative estimate of drug-likeness (QED) is 0.167. The average molecular weight is 654 g/mol. The molecule has 0 saturated heterocycles. The van der Waals surface area contributed by atoms with Crippen LogP contribution in [0.3, 0.4) is 0 Å². The molecule has 10 rings (SSSR count). The molecule has 1 nitrogen and oxygen atoms in total. The fourth-order valence-electron chi connectivity index (χ4n) is 8.98. The summed E-state index contributed by atoms with van der Waals surface area (Å²) in [6.07, 6.45) is 26.9. The lowest BCUT2D eigenvalue weighted by molar-refractivity contribution is 0.663. The normalized spacial score (nSPS) is 20.4. The molecule has 0 bridgehead atoms. The average Bonchev–Trinajstić information content (AvgIpc) is 3.59. The molecule has 51 heavy (non-hydrogen) atoms. The zero-order chi connectivity index (χ0) is 33.7. The molecule has 3 atom stereocenters. The summed E-state index contributed by atoms with van der Waals surface area (Å²) in [5, 5.41) is 5.16. The van der Waals surface area contributed by atoms with Gasteiger partial charge in [-0.05, 0) is 91.9 Å². The lowest BCUT2D eigenvalue weighted by Gasteiger charge is -2.35. The summed E-state index contributed by atoms with van der Waals surface area (Å²) in [6, 6.07) is 45.1. The van der Waals surface area contributed by atoms with Crippen molar-refractivity contribution >= 4 is 38.9 Å². The van der Waals surface area contributed by atoms with E-state index in [-0.39, 0.29) is 0 Å². The molecule has 0 spiro atoms. The fraction of sp³-hybridized carbons (Fsp3) is 0.120. The van der Waals surface area contributed by atoms with Crippen molar-refractivity contribution < 1.29 is 0 Å². The molecule has 3 aliphatic carbocycles. The van der Waals surface area contributed by atoms with Crippen LogP contribution in [0.4, 0.5) is 5.69 Å². The third-order valence-corrected chi connectivity index (χ3v) is 11.3. The Morgan fingerprint density at radius 2 is 1.27 bits per heavy atom. The minimum atomic E-state index is 0.316. The molecule has 1 aliphatic heterocycles. The molecule has 1 heteroatoms. The van der Waals surface area contributed by atoms with E-state index in [1.54, 1.807) is 0 Å². The van der Waals surface area contributed by atoms with E-state index in [1.165, 1.54) is 77.4 Å². The first-order valence-electron chi connectivity index (χ1n) is 18.4. The molecule has 0 radical (unpaired) electrons. The lowest BCUT2D eigenvalue weighted by Crippen LogP contribution is -2.35. The van der Waals surface area contributed by atoms with E-state index in [1.807, 2.05) is 0 Å². The van der Waals surface area contributed by atoms with Crippen molar-refractivity contribution in [1.29, 1.82) is 0 Å². The summed E-state index contributed by atoms with van der Waals surface area (Å²) in [7, 11) is 0. The number of hydrogen-bond acceptors (Lipinski definition) is 1. The Morgan fingerprint density at radius 1 is 0.569 bits per heavy atom. The molecule has 0 amide bonds. The third-order valence-electron chi connectivity index (χ3n) is 11.3. The van der Waals surface area contributed by atoms with Crippen LogP contribution in [0.2, 0.25) is 0 Å². The van der Waals surface area contributed by atoms with Gasteiger partial charge in [0, 0.05) is 28.8 Å². The van der Waals surface area contributed by atoms with Crippen LogP contribution in [-0.4, -0.2) is 6.04 Å². The van der Waals surface area contributed by atoms with E-state index < -0.39 is 0 Å². The van der Waals surface area contributed by atoms with Gasteiger partial charge in [-0.15, -0.1) is 0 Å². The molecular weight excluding hydrogens is 615 g/mol. The van der Waals surface area contributed by atoms with Crippen molar-refractivity contribution in [2.24, 2.45) is 11.8 Å².